The van der Waals surface area contributed by atoms with Crippen molar-refractivity contribution in [1.82, 2.24) is 55.6 Å². The van der Waals surface area contributed by atoms with Crippen LogP contribution in [0.25, 0.3) is 0 Å². The van der Waals surface area contributed by atoms with E-state index in [0.29, 0.717) is 12.2 Å². The highest BCUT2D eigenvalue weighted by atomic mass is 32.2. The quantitative estimate of drug-likeness (QED) is 0.131. The molecule has 1 aliphatic rings. The summed E-state index contributed by atoms with van der Waals surface area (Å²) in [5, 5.41) is 23.2. The van der Waals surface area contributed by atoms with Gasteiger partial charge >= 0.3 is 0 Å². The largest absolute Gasteiger partial charge is 0.390 e. The number of rotatable bonds is 17. The van der Waals surface area contributed by atoms with Crippen LogP contribution in [0.3, 0.4) is 0 Å². The van der Waals surface area contributed by atoms with Gasteiger partial charge in [-0.25, -0.2) is 0 Å². The Hall–Kier alpha value is -5.52. The summed E-state index contributed by atoms with van der Waals surface area (Å²) in [6, 6.07) is -12.3. The molecule has 86 heavy (non-hydrogen) atoms. The number of carbonyl (C=O) groups is 11. The third-order valence-electron chi connectivity index (χ3n) is 16.3. The number of aliphatic hydroxyl groups excluding tert-OH is 1. The molecule has 0 aromatic carbocycles. The Bertz CT molecular complexity index is 2300. The third kappa shape index (κ3) is 22.3. The van der Waals surface area contributed by atoms with Crippen molar-refractivity contribution in [2.75, 3.05) is 67.4 Å². The fourth-order valence-electron chi connectivity index (χ4n) is 10.8. The van der Waals surface area contributed by atoms with E-state index >= 15 is 9.59 Å². The smallest absolute Gasteiger partial charge is 0.246 e. The molecule has 0 bridgehead atoms. The zero-order valence-corrected chi connectivity index (χ0v) is 57.5. The topological polar surface area (TPSA) is 279 Å². The molecular formula is C62H113N11O12S. The summed E-state index contributed by atoms with van der Waals surface area (Å²) in [5.74, 6) is -8.10. The van der Waals surface area contributed by atoms with Crippen molar-refractivity contribution < 1.29 is 57.8 Å². The summed E-state index contributed by atoms with van der Waals surface area (Å²) in [6.45, 7) is 29.7. The second-order valence-electron chi connectivity index (χ2n) is 26.3. The van der Waals surface area contributed by atoms with Gasteiger partial charge in [0.05, 0.1) is 12.6 Å². The van der Waals surface area contributed by atoms with Gasteiger partial charge in [0.25, 0.3) is 0 Å². The van der Waals surface area contributed by atoms with E-state index in [-0.39, 0.29) is 55.8 Å². The average Bonchev–Trinajstić information content (AvgIpc) is 3.63. The van der Waals surface area contributed by atoms with Gasteiger partial charge in [-0.2, -0.15) is 11.8 Å². The summed E-state index contributed by atoms with van der Waals surface area (Å²) < 4.78 is 0. The fraction of sp³-hybridized carbons (Fsp3) is 0.823. The Labute approximate surface area is 519 Å². The second-order valence-corrected chi connectivity index (χ2v) is 27.7. The SMILES string of the molecule is CCSCC[C@@H](C)[C@@H](O)C1C(=O)N[C@@H](CC)C(=O)N(C)CC(=O)N(C)[C@@H](CC(C)C)C(=O)N[C@@H](C(C)C)C(=O)N(C)[C@@H](CC(C)C)C(=O)N[C@@H](C)C(=O)N[C@H](C)C(=O)N(C)[C@@H](CC(C)C)C(=O)N(C)[C@@H](CC(C)C)C(=O)N(C)[C@@H](C(C)C)C(=O)N1C. The lowest BCUT2D eigenvalue weighted by atomic mass is 9.92. The van der Waals surface area contributed by atoms with E-state index in [1.807, 2.05) is 62.3 Å². The minimum absolute atomic E-state index is 0.0314. The number of nitrogens with zero attached hydrogens (tertiary/aromatic N) is 7. The Balaban J connectivity index is 4.32. The summed E-state index contributed by atoms with van der Waals surface area (Å²) in [6.07, 6.45) is -0.335. The monoisotopic (exact) mass is 1240 g/mol. The van der Waals surface area contributed by atoms with Crippen molar-refractivity contribution in [2.45, 2.75) is 223 Å². The molecule has 11 amide bonds. The van der Waals surface area contributed by atoms with Crippen molar-refractivity contribution in [2.24, 2.45) is 41.4 Å². The maximum atomic E-state index is 15.2. The lowest BCUT2D eigenvalue weighted by molar-refractivity contribution is -0.157. The van der Waals surface area contributed by atoms with Crippen LogP contribution in [-0.2, 0) is 52.7 Å². The van der Waals surface area contributed by atoms with E-state index in [0.717, 1.165) is 15.6 Å². The van der Waals surface area contributed by atoms with Crippen molar-refractivity contribution in [3.05, 3.63) is 0 Å². The molecule has 0 aromatic rings. The average molecular weight is 1240 g/mol. The van der Waals surface area contributed by atoms with Crippen LogP contribution in [0, 0.1) is 41.4 Å². The molecule has 23 nitrogen and oxygen atoms in total. The highest BCUT2D eigenvalue weighted by molar-refractivity contribution is 7.99. The summed E-state index contributed by atoms with van der Waals surface area (Å²) in [7, 11) is 9.97. The Morgan fingerprint density at radius 1 is 0.453 bits per heavy atom. The van der Waals surface area contributed by atoms with Gasteiger partial charge in [0, 0.05) is 49.3 Å². The molecule has 5 N–H and O–H groups in total. The first kappa shape index (κ1) is 78.5. The predicted molar refractivity (Wildman–Crippen MR) is 337 cm³/mol. The Morgan fingerprint density at radius 3 is 1.33 bits per heavy atom. The molecule has 0 aromatic heterocycles. The number of carbonyl (C=O) groups excluding carboxylic acids is 11. The maximum absolute atomic E-state index is 15.2. The zero-order chi connectivity index (χ0) is 66.7. The van der Waals surface area contributed by atoms with Crippen LogP contribution in [0.4, 0.5) is 0 Å². The maximum Gasteiger partial charge on any atom is 0.246 e. The van der Waals surface area contributed by atoms with Gasteiger partial charge in [-0.15, -0.1) is 0 Å². The lowest BCUT2D eigenvalue weighted by Crippen LogP contribution is -2.63. The number of nitrogens with one attached hydrogen (secondary N) is 4. The van der Waals surface area contributed by atoms with Crippen molar-refractivity contribution >= 4 is 76.7 Å². The van der Waals surface area contributed by atoms with Gasteiger partial charge in [0.1, 0.15) is 60.4 Å². The van der Waals surface area contributed by atoms with Gasteiger partial charge in [-0.3, -0.25) is 52.7 Å². The molecule has 0 saturated carbocycles. The molecule has 0 aliphatic carbocycles. The molecule has 1 saturated heterocycles. The number of amides is 11. The van der Waals surface area contributed by atoms with Crippen LogP contribution < -0.4 is 21.3 Å². The van der Waals surface area contributed by atoms with E-state index in [9.17, 15) is 48.3 Å². The Kier molecular flexibility index (Phi) is 32.9. The summed E-state index contributed by atoms with van der Waals surface area (Å²) >= 11 is 1.64. The van der Waals surface area contributed by atoms with Gasteiger partial charge in [-0.05, 0) is 105 Å². The molecule has 1 heterocycles. The molecule has 494 valence electrons. The second kappa shape index (κ2) is 36.1. The van der Waals surface area contributed by atoms with E-state index in [1.165, 1.54) is 87.7 Å². The minimum atomic E-state index is -1.59. The Morgan fingerprint density at radius 2 is 0.872 bits per heavy atom. The van der Waals surface area contributed by atoms with E-state index in [1.54, 1.807) is 53.3 Å². The number of thioether (sulfide) groups is 1. The summed E-state index contributed by atoms with van der Waals surface area (Å²) in [5.41, 5.74) is 0. The first-order valence-corrected chi connectivity index (χ1v) is 32.2. The van der Waals surface area contributed by atoms with Crippen LogP contribution in [0.1, 0.15) is 156 Å². The molecular weight excluding hydrogens is 1120 g/mol. The number of aliphatic hydroxyl groups is 1. The van der Waals surface area contributed by atoms with Crippen molar-refractivity contribution in [3.8, 4) is 0 Å². The van der Waals surface area contributed by atoms with Gasteiger partial charge < -0.3 is 60.7 Å². The standard InChI is InChI=1S/C62H113N11O12S/c1-25-43-58(81)67(18)33-48(74)68(19)44(29-34(3)4)55(78)66-49(38(11)12)61(84)69(20)45(30-35(5)6)54(77)63-41(16)53(76)64-42(17)57(80)70(21)46(31-36(7)8)59(82)71(22)47(32-37(9)10)60(83)72(23)50(39(13)14)62(85)73(24)51(56(79)65-43)52(75)40(15)27-28-86-26-2/h34-47,49-52,75H,25-33H2,1-24H3,(H,63,77)(H,64,76)(H,65,79)(H,66,78)/t40-,41+,42-,43+,44+,45+,46+,47+,49+,50+,51?,52-/m1/s1. The molecule has 1 fully saturated rings. The number of likely N-dealkylation sites (N-methyl/N-ethyl adjacent to an activating group) is 7. The van der Waals surface area contributed by atoms with E-state index in [2.05, 4.69) is 21.3 Å². The summed E-state index contributed by atoms with van der Waals surface area (Å²) in [4.78, 5) is 169. The zero-order valence-electron chi connectivity index (χ0n) is 56.7. The first-order valence-electron chi connectivity index (χ1n) is 31.0. The van der Waals surface area contributed by atoms with Crippen LogP contribution in [0.15, 0.2) is 0 Å². The first-order chi connectivity index (χ1) is 39.7. The van der Waals surface area contributed by atoms with Crippen LogP contribution in [0.5, 0.6) is 0 Å². The van der Waals surface area contributed by atoms with Gasteiger partial charge in [0.2, 0.25) is 65.0 Å². The molecule has 12 atom stereocenters. The number of hydrogen-bond donors (Lipinski definition) is 5. The fourth-order valence-corrected chi connectivity index (χ4v) is 11.6. The number of hydrogen-bond acceptors (Lipinski definition) is 13. The van der Waals surface area contributed by atoms with Crippen molar-refractivity contribution in [1.29, 1.82) is 0 Å². The molecule has 0 radical (unpaired) electrons. The predicted octanol–water partition coefficient (Wildman–Crippen LogP) is 3.45. The van der Waals surface area contributed by atoms with E-state index in [4.69, 9.17) is 0 Å². The molecule has 1 unspecified atom stereocenters. The third-order valence-corrected chi connectivity index (χ3v) is 17.2. The molecule has 24 heteroatoms. The lowest BCUT2D eigenvalue weighted by Gasteiger charge is -2.41. The molecule has 1 aliphatic heterocycles. The minimum Gasteiger partial charge on any atom is -0.390 e. The van der Waals surface area contributed by atoms with Crippen LogP contribution in [-0.4, -0.2) is 238 Å². The van der Waals surface area contributed by atoms with Gasteiger partial charge in [0.15, 0.2) is 0 Å². The van der Waals surface area contributed by atoms with Crippen LogP contribution in [0.2, 0.25) is 0 Å². The van der Waals surface area contributed by atoms with Crippen LogP contribution >= 0.6 is 11.8 Å². The van der Waals surface area contributed by atoms with Crippen molar-refractivity contribution in [3.63, 3.8) is 0 Å². The molecule has 0 spiro atoms. The van der Waals surface area contributed by atoms with Gasteiger partial charge in [-0.1, -0.05) is 104 Å². The normalized spacial score (nSPS) is 26.6. The van der Waals surface area contributed by atoms with E-state index < -0.39 is 156 Å². The molecule has 1 rings (SSSR count). The highest BCUT2D eigenvalue weighted by Crippen LogP contribution is 2.26. The highest BCUT2D eigenvalue weighted by Gasteiger charge is 2.46.